The molecule has 1 aromatic rings. The van der Waals surface area contributed by atoms with E-state index in [-0.39, 0.29) is 18.5 Å². The molecule has 0 atom stereocenters. The van der Waals surface area contributed by atoms with Crippen molar-refractivity contribution in [1.29, 1.82) is 0 Å². The van der Waals surface area contributed by atoms with E-state index in [2.05, 4.69) is 19.2 Å². The van der Waals surface area contributed by atoms with Gasteiger partial charge in [0.05, 0.1) is 0 Å². The fourth-order valence-electron chi connectivity index (χ4n) is 2.71. The van der Waals surface area contributed by atoms with Crippen LogP contribution in [0.3, 0.4) is 0 Å². The average Bonchev–Trinajstić information content (AvgIpc) is 2.79. The highest BCUT2D eigenvalue weighted by Crippen LogP contribution is 2.35. The van der Waals surface area contributed by atoms with Crippen LogP contribution in [0, 0.1) is 5.41 Å². The molecule has 5 heteroatoms. The van der Waals surface area contributed by atoms with Crippen molar-refractivity contribution in [3.05, 3.63) is 24.0 Å². The quantitative estimate of drug-likeness (QED) is 0.887. The van der Waals surface area contributed by atoms with Gasteiger partial charge in [0.25, 0.3) is 5.91 Å². The summed E-state index contributed by atoms with van der Waals surface area (Å²) in [7, 11) is 0. The van der Waals surface area contributed by atoms with Crippen LogP contribution < -0.4 is 5.32 Å². The molecule has 0 bridgehead atoms. The van der Waals surface area contributed by atoms with Crippen molar-refractivity contribution in [2.75, 3.05) is 0 Å². The lowest BCUT2D eigenvalue weighted by molar-refractivity contribution is -0.137. The lowest BCUT2D eigenvalue weighted by Crippen LogP contribution is -2.40. The van der Waals surface area contributed by atoms with Gasteiger partial charge in [0.15, 0.2) is 0 Å². The van der Waals surface area contributed by atoms with E-state index >= 15 is 0 Å². The number of carbonyl (C=O) groups is 2. The summed E-state index contributed by atoms with van der Waals surface area (Å²) in [5.74, 6) is -1.13. The van der Waals surface area contributed by atoms with Crippen LogP contribution in [0.5, 0.6) is 0 Å². The molecule has 2 N–H and O–H groups in total. The minimum Gasteiger partial charge on any atom is -0.480 e. The van der Waals surface area contributed by atoms with Crippen LogP contribution in [0.2, 0.25) is 0 Å². The van der Waals surface area contributed by atoms with Gasteiger partial charge in [-0.1, -0.05) is 13.8 Å². The zero-order valence-electron chi connectivity index (χ0n) is 12.1. The minimum absolute atomic E-state index is 0.180. The molecule has 1 amide bonds. The Kier molecular flexibility index (Phi) is 4.16. The molecule has 0 saturated heterocycles. The Bertz CT molecular complexity index is 495. The van der Waals surface area contributed by atoms with E-state index < -0.39 is 5.97 Å². The predicted molar refractivity (Wildman–Crippen MR) is 75.6 cm³/mol. The molecule has 0 unspecified atom stereocenters. The van der Waals surface area contributed by atoms with Gasteiger partial charge in [0, 0.05) is 12.2 Å². The predicted octanol–water partition coefficient (Wildman–Crippen LogP) is 2.27. The summed E-state index contributed by atoms with van der Waals surface area (Å²) in [5, 5.41) is 11.8. The monoisotopic (exact) mass is 278 g/mol. The van der Waals surface area contributed by atoms with Gasteiger partial charge in [-0.25, -0.2) is 0 Å². The lowest BCUT2D eigenvalue weighted by Gasteiger charge is -2.34. The van der Waals surface area contributed by atoms with E-state index in [9.17, 15) is 9.59 Å². The van der Waals surface area contributed by atoms with E-state index in [4.69, 9.17) is 5.11 Å². The van der Waals surface area contributed by atoms with E-state index in [1.807, 2.05) is 0 Å². The highest BCUT2D eigenvalue weighted by Gasteiger charge is 2.28. The molecule has 1 aliphatic rings. The van der Waals surface area contributed by atoms with Gasteiger partial charge in [0.1, 0.15) is 12.2 Å². The first-order valence-corrected chi connectivity index (χ1v) is 7.05. The van der Waals surface area contributed by atoms with Crippen LogP contribution in [0.4, 0.5) is 0 Å². The van der Waals surface area contributed by atoms with Crippen LogP contribution in [-0.4, -0.2) is 27.6 Å². The number of aliphatic carboxylic acids is 1. The lowest BCUT2D eigenvalue weighted by atomic mass is 9.75. The second kappa shape index (κ2) is 5.69. The molecule has 1 aliphatic carbocycles. The largest absolute Gasteiger partial charge is 0.480 e. The zero-order valence-corrected chi connectivity index (χ0v) is 12.1. The molecule has 0 spiro atoms. The van der Waals surface area contributed by atoms with Gasteiger partial charge >= 0.3 is 5.97 Å². The Hall–Kier alpha value is -1.78. The SMILES string of the molecule is CC1(C)CCC(NC(=O)c2cccn2CC(=O)O)CC1. The number of carboxylic acid groups (broad SMARTS) is 1. The summed E-state index contributed by atoms with van der Waals surface area (Å²) in [6.45, 7) is 4.32. The Labute approximate surface area is 119 Å². The standard InChI is InChI=1S/C15H22N2O3/c1-15(2)7-5-11(6-8-15)16-14(20)12-4-3-9-17(12)10-13(18)19/h3-4,9,11H,5-8,10H2,1-2H3,(H,16,20)(H,18,19). The first-order chi connectivity index (χ1) is 9.37. The number of carboxylic acids is 1. The molecule has 1 aromatic heterocycles. The van der Waals surface area contributed by atoms with Crippen LogP contribution in [0.15, 0.2) is 18.3 Å². The van der Waals surface area contributed by atoms with Gasteiger partial charge in [-0.3, -0.25) is 9.59 Å². The molecule has 2 rings (SSSR count). The molecular weight excluding hydrogens is 256 g/mol. The Balaban J connectivity index is 1.96. The van der Waals surface area contributed by atoms with Crippen LogP contribution in [-0.2, 0) is 11.3 Å². The van der Waals surface area contributed by atoms with Crippen molar-refractivity contribution in [1.82, 2.24) is 9.88 Å². The molecule has 20 heavy (non-hydrogen) atoms. The first kappa shape index (κ1) is 14.6. The molecule has 1 heterocycles. The number of rotatable bonds is 4. The molecular formula is C15H22N2O3. The van der Waals surface area contributed by atoms with E-state index in [1.54, 1.807) is 18.3 Å². The van der Waals surface area contributed by atoms with Gasteiger partial charge in [0.2, 0.25) is 0 Å². The number of carbonyl (C=O) groups excluding carboxylic acids is 1. The summed E-state index contributed by atoms with van der Waals surface area (Å²) >= 11 is 0. The maximum absolute atomic E-state index is 12.2. The minimum atomic E-state index is -0.949. The van der Waals surface area contributed by atoms with E-state index in [1.165, 1.54) is 4.57 Å². The molecule has 0 aromatic carbocycles. The van der Waals surface area contributed by atoms with Crippen LogP contribution in [0.25, 0.3) is 0 Å². The summed E-state index contributed by atoms with van der Waals surface area (Å²) in [4.78, 5) is 23.0. The number of amides is 1. The van der Waals surface area contributed by atoms with Gasteiger partial charge in [-0.05, 0) is 43.2 Å². The number of hydrogen-bond acceptors (Lipinski definition) is 2. The maximum atomic E-state index is 12.2. The highest BCUT2D eigenvalue weighted by molar-refractivity contribution is 5.93. The third kappa shape index (κ3) is 3.62. The smallest absolute Gasteiger partial charge is 0.323 e. The summed E-state index contributed by atoms with van der Waals surface area (Å²) in [5.41, 5.74) is 0.780. The molecule has 0 aliphatic heterocycles. The fraction of sp³-hybridized carbons (Fsp3) is 0.600. The molecule has 1 fully saturated rings. The normalized spacial score (nSPS) is 18.7. The zero-order chi connectivity index (χ0) is 14.8. The number of nitrogens with one attached hydrogen (secondary N) is 1. The van der Waals surface area contributed by atoms with Crippen molar-refractivity contribution in [3.8, 4) is 0 Å². The van der Waals surface area contributed by atoms with Gasteiger partial charge in [-0.2, -0.15) is 0 Å². The van der Waals surface area contributed by atoms with Crippen molar-refractivity contribution in [2.45, 2.75) is 52.1 Å². The third-order valence-corrected chi connectivity index (χ3v) is 4.04. The number of aromatic nitrogens is 1. The number of hydrogen-bond donors (Lipinski definition) is 2. The fourth-order valence-corrected chi connectivity index (χ4v) is 2.71. The van der Waals surface area contributed by atoms with Crippen molar-refractivity contribution in [3.63, 3.8) is 0 Å². The average molecular weight is 278 g/mol. The second-order valence-corrected chi connectivity index (χ2v) is 6.33. The van der Waals surface area contributed by atoms with Crippen LogP contribution >= 0.6 is 0 Å². The third-order valence-electron chi connectivity index (χ3n) is 4.04. The van der Waals surface area contributed by atoms with Crippen molar-refractivity contribution in [2.24, 2.45) is 5.41 Å². The summed E-state index contributed by atoms with van der Waals surface area (Å²) in [6, 6.07) is 3.55. The van der Waals surface area contributed by atoms with E-state index in [0.29, 0.717) is 11.1 Å². The molecule has 110 valence electrons. The van der Waals surface area contributed by atoms with Crippen LogP contribution in [0.1, 0.15) is 50.0 Å². The molecule has 1 saturated carbocycles. The highest BCUT2D eigenvalue weighted by atomic mass is 16.4. The molecule has 0 radical (unpaired) electrons. The second-order valence-electron chi connectivity index (χ2n) is 6.33. The first-order valence-electron chi connectivity index (χ1n) is 7.05. The maximum Gasteiger partial charge on any atom is 0.323 e. The Morgan fingerprint density at radius 1 is 1.40 bits per heavy atom. The Morgan fingerprint density at radius 3 is 2.65 bits per heavy atom. The Morgan fingerprint density at radius 2 is 2.05 bits per heavy atom. The van der Waals surface area contributed by atoms with Gasteiger partial charge < -0.3 is 15.0 Å². The van der Waals surface area contributed by atoms with E-state index in [0.717, 1.165) is 25.7 Å². The van der Waals surface area contributed by atoms with Crippen molar-refractivity contribution < 1.29 is 14.7 Å². The van der Waals surface area contributed by atoms with Crippen molar-refractivity contribution >= 4 is 11.9 Å². The topological polar surface area (TPSA) is 71.3 Å². The summed E-state index contributed by atoms with van der Waals surface area (Å²) < 4.78 is 1.46. The number of nitrogens with zero attached hydrogens (tertiary/aromatic N) is 1. The summed E-state index contributed by atoms with van der Waals surface area (Å²) in [6.07, 6.45) is 5.80. The molecule has 5 nitrogen and oxygen atoms in total. The van der Waals surface area contributed by atoms with Gasteiger partial charge in [-0.15, -0.1) is 0 Å².